The maximum Gasteiger partial charge on any atom is 0.306 e. The second-order valence-corrected chi connectivity index (χ2v) is 13.7. The Morgan fingerprint density at radius 3 is 2.39 bits per heavy atom. The molecule has 0 aromatic carbocycles. The molecule has 6 heteroatoms. The van der Waals surface area contributed by atoms with Crippen molar-refractivity contribution in [1.29, 1.82) is 0 Å². The van der Waals surface area contributed by atoms with Crippen molar-refractivity contribution in [2.75, 3.05) is 13.7 Å². The van der Waals surface area contributed by atoms with Gasteiger partial charge in [0.2, 0.25) is 0 Å². The highest BCUT2D eigenvalue weighted by Gasteiger charge is 2.62. The molecule has 7 unspecified atom stereocenters. The first-order chi connectivity index (χ1) is 16.8. The van der Waals surface area contributed by atoms with Crippen LogP contribution >= 0.6 is 0 Å². The van der Waals surface area contributed by atoms with E-state index >= 15 is 0 Å². The van der Waals surface area contributed by atoms with Crippen LogP contribution in [0.5, 0.6) is 0 Å². The smallest absolute Gasteiger partial charge is 0.306 e. The molecule has 0 aromatic heterocycles. The summed E-state index contributed by atoms with van der Waals surface area (Å²) >= 11 is 0. The molecule has 3 saturated carbocycles. The Bertz CT molecular complexity index is 774. The zero-order chi connectivity index (χ0) is 26.9. The number of aliphatic hydroxyl groups excluding tert-OH is 2. The van der Waals surface area contributed by atoms with E-state index in [-0.39, 0.29) is 41.2 Å². The lowest BCUT2D eigenvalue weighted by molar-refractivity contribution is -0.168. The molecule has 3 rings (SSSR count). The Hall–Kier alpha value is -1.14. The third-order valence-electron chi connectivity index (χ3n) is 10.6. The van der Waals surface area contributed by atoms with Gasteiger partial charge in [0, 0.05) is 19.4 Å². The number of esters is 2. The Balaban J connectivity index is 1.71. The molecule has 0 amide bonds. The summed E-state index contributed by atoms with van der Waals surface area (Å²) in [5.41, 5.74) is -0.428. The maximum absolute atomic E-state index is 12.2. The predicted octanol–water partition coefficient (Wildman–Crippen LogP) is 5.53. The van der Waals surface area contributed by atoms with Gasteiger partial charge in [-0.1, -0.05) is 20.8 Å². The SMILES string of the molecule is COC(=O)CC1CC(O)C2C3CCC([C@H](C)CCCC(=O)OC(C)(C)C)C3(C)CC[C@@H]2C1(C)CCO. The highest BCUT2D eigenvalue weighted by molar-refractivity contribution is 5.70. The summed E-state index contributed by atoms with van der Waals surface area (Å²) in [7, 11) is 1.42. The van der Waals surface area contributed by atoms with Crippen LogP contribution in [0.4, 0.5) is 0 Å². The van der Waals surface area contributed by atoms with Crippen LogP contribution in [0.1, 0.15) is 106 Å². The summed E-state index contributed by atoms with van der Waals surface area (Å²) in [6, 6.07) is 0. The van der Waals surface area contributed by atoms with Gasteiger partial charge in [-0.05, 0) is 118 Å². The summed E-state index contributed by atoms with van der Waals surface area (Å²) in [5, 5.41) is 21.5. The summed E-state index contributed by atoms with van der Waals surface area (Å²) in [6.45, 7) is 12.9. The first kappa shape index (κ1) is 29.4. The van der Waals surface area contributed by atoms with E-state index in [4.69, 9.17) is 9.47 Å². The molecule has 2 N–H and O–H groups in total. The first-order valence-electron chi connectivity index (χ1n) is 14.3. The van der Waals surface area contributed by atoms with Crippen LogP contribution in [0.15, 0.2) is 0 Å². The van der Waals surface area contributed by atoms with E-state index in [0.717, 1.165) is 32.1 Å². The standard InChI is InChI=1S/C30H52O6/c1-19(9-8-10-25(33)36-28(2,3)4)21-11-12-22-27-23(13-14-30(21,22)6)29(5,15-16-31)20(17-24(27)32)18-26(34)35-7/h19-24,27,31-32H,8-18H2,1-7H3/t19-,20?,21?,22?,23+,24?,27?,29?,30?/m1/s1. The number of hydrogen-bond acceptors (Lipinski definition) is 6. The van der Waals surface area contributed by atoms with Crippen molar-refractivity contribution in [3.05, 3.63) is 0 Å². The molecule has 0 aromatic rings. The van der Waals surface area contributed by atoms with E-state index in [1.807, 2.05) is 20.8 Å². The molecular weight excluding hydrogens is 456 g/mol. The number of carbonyl (C=O) groups is 2. The van der Waals surface area contributed by atoms with Crippen molar-refractivity contribution in [2.24, 2.45) is 46.3 Å². The van der Waals surface area contributed by atoms with Crippen molar-refractivity contribution in [3.8, 4) is 0 Å². The van der Waals surface area contributed by atoms with E-state index in [9.17, 15) is 19.8 Å². The molecule has 208 valence electrons. The minimum Gasteiger partial charge on any atom is -0.469 e. The van der Waals surface area contributed by atoms with Crippen LogP contribution in [0.2, 0.25) is 0 Å². The average Bonchev–Trinajstić information content (AvgIpc) is 3.13. The van der Waals surface area contributed by atoms with Gasteiger partial charge in [-0.25, -0.2) is 0 Å². The van der Waals surface area contributed by atoms with Gasteiger partial charge < -0.3 is 19.7 Å². The second-order valence-electron chi connectivity index (χ2n) is 13.7. The third-order valence-corrected chi connectivity index (χ3v) is 10.6. The topological polar surface area (TPSA) is 93.1 Å². The highest BCUT2D eigenvalue weighted by Crippen LogP contribution is 2.67. The van der Waals surface area contributed by atoms with Crippen LogP contribution in [0.25, 0.3) is 0 Å². The Morgan fingerprint density at radius 1 is 1.08 bits per heavy atom. The average molecular weight is 509 g/mol. The summed E-state index contributed by atoms with van der Waals surface area (Å²) in [6.07, 6.45) is 7.97. The van der Waals surface area contributed by atoms with Gasteiger partial charge in [0.05, 0.1) is 13.2 Å². The first-order valence-corrected chi connectivity index (χ1v) is 14.3. The Labute approximate surface area is 218 Å². The van der Waals surface area contributed by atoms with Crippen LogP contribution in [0.3, 0.4) is 0 Å². The summed E-state index contributed by atoms with van der Waals surface area (Å²) < 4.78 is 10.5. The molecule has 0 bridgehead atoms. The van der Waals surface area contributed by atoms with Gasteiger partial charge in [0.25, 0.3) is 0 Å². The monoisotopic (exact) mass is 508 g/mol. The molecule has 0 heterocycles. The molecule has 36 heavy (non-hydrogen) atoms. The number of rotatable bonds is 9. The molecule has 3 aliphatic rings. The minimum absolute atomic E-state index is 0.0293. The fraction of sp³-hybridized carbons (Fsp3) is 0.933. The van der Waals surface area contributed by atoms with Gasteiger partial charge in [-0.15, -0.1) is 0 Å². The molecule has 0 saturated heterocycles. The Morgan fingerprint density at radius 2 is 1.78 bits per heavy atom. The van der Waals surface area contributed by atoms with E-state index < -0.39 is 11.7 Å². The quantitative estimate of drug-likeness (QED) is 0.398. The number of ether oxygens (including phenoxy) is 2. The van der Waals surface area contributed by atoms with E-state index in [1.165, 1.54) is 13.5 Å². The lowest BCUT2D eigenvalue weighted by Crippen LogP contribution is -2.57. The zero-order valence-electron chi connectivity index (χ0n) is 23.8. The van der Waals surface area contributed by atoms with Gasteiger partial charge in [-0.3, -0.25) is 9.59 Å². The van der Waals surface area contributed by atoms with Crippen LogP contribution in [-0.2, 0) is 19.1 Å². The number of hydrogen-bond donors (Lipinski definition) is 2. The minimum atomic E-state index is -0.436. The summed E-state index contributed by atoms with van der Waals surface area (Å²) in [5.74, 6) is 1.79. The lowest BCUT2D eigenvalue weighted by Gasteiger charge is -2.60. The fourth-order valence-electron chi connectivity index (χ4n) is 8.89. The number of aliphatic hydroxyl groups is 2. The van der Waals surface area contributed by atoms with E-state index in [1.54, 1.807) is 0 Å². The third kappa shape index (κ3) is 5.95. The van der Waals surface area contributed by atoms with Crippen molar-refractivity contribution in [1.82, 2.24) is 0 Å². The lowest BCUT2D eigenvalue weighted by atomic mass is 9.45. The van der Waals surface area contributed by atoms with Gasteiger partial charge in [-0.2, -0.15) is 0 Å². The van der Waals surface area contributed by atoms with Crippen LogP contribution < -0.4 is 0 Å². The van der Waals surface area contributed by atoms with Gasteiger partial charge >= 0.3 is 11.9 Å². The zero-order valence-corrected chi connectivity index (χ0v) is 23.8. The van der Waals surface area contributed by atoms with Crippen molar-refractivity contribution in [3.63, 3.8) is 0 Å². The maximum atomic E-state index is 12.2. The number of methoxy groups -OCH3 is 1. The fourth-order valence-corrected chi connectivity index (χ4v) is 8.89. The van der Waals surface area contributed by atoms with Crippen molar-refractivity contribution >= 4 is 11.9 Å². The predicted molar refractivity (Wildman–Crippen MR) is 140 cm³/mol. The number of fused-ring (bicyclic) bond motifs is 3. The summed E-state index contributed by atoms with van der Waals surface area (Å²) in [4.78, 5) is 24.4. The molecule has 9 atom stereocenters. The Kier molecular flexibility index (Phi) is 9.24. The van der Waals surface area contributed by atoms with E-state index in [2.05, 4.69) is 20.8 Å². The molecule has 0 spiro atoms. The van der Waals surface area contributed by atoms with Gasteiger partial charge in [0.1, 0.15) is 5.60 Å². The van der Waals surface area contributed by atoms with Crippen LogP contribution in [-0.4, -0.2) is 47.6 Å². The van der Waals surface area contributed by atoms with E-state index in [0.29, 0.717) is 49.4 Å². The number of carbonyl (C=O) groups excluding carboxylic acids is 2. The molecule has 3 aliphatic carbocycles. The highest BCUT2D eigenvalue weighted by atomic mass is 16.6. The largest absolute Gasteiger partial charge is 0.469 e. The van der Waals surface area contributed by atoms with Crippen molar-refractivity contribution < 1.29 is 29.3 Å². The van der Waals surface area contributed by atoms with Crippen LogP contribution in [0, 0.1) is 46.3 Å². The van der Waals surface area contributed by atoms with Gasteiger partial charge in [0.15, 0.2) is 0 Å². The molecule has 3 fully saturated rings. The molecular formula is C30H52O6. The molecule has 6 nitrogen and oxygen atoms in total. The van der Waals surface area contributed by atoms with Crippen molar-refractivity contribution in [2.45, 2.75) is 117 Å². The molecule has 0 radical (unpaired) electrons. The normalized spacial score (nSPS) is 39.1. The second kappa shape index (κ2) is 11.3. The molecule has 0 aliphatic heterocycles.